The highest BCUT2D eigenvalue weighted by molar-refractivity contribution is 9.09. The fourth-order valence-electron chi connectivity index (χ4n) is 1.37. The van der Waals surface area contributed by atoms with Crippen molar-refractivity contribution in [2.45, 2.75) is 38.2 Å². The highest BCUT2D eigenvalue weighted by atomic mass is 79.9. The minimum atomic E-state index is -0.175. The summed E-state index contributed by atoms with van der Waals surface area (Å²) in [5.74, 6) is 1.48. The zero-order chi connectivity index (χ0) is 9.73. The van der Waals surface area contributed by atoms with Crippen molar-refractivity contribution in [2.75, 3.05) is 17.8 Å². The first-order valence-electron chi connectivity index (χ1n) is 4.96. The van der Waals surface area contributed by atoms with Crippen LogP contribution in [0.2, 0.25) is 0 Å². The van der Waals surface area contributed by atoms with Crippen molar-refractivity contribution >= 4 is 27.5 Å². The molecule has 1 aliphatic carbocycles. The molecule has 0 saturated heterocycles. The monoisotopic (exact) mass is 268 g/mol. The molecule has 1 aliphatic rings. The van der Waals surface area contributed by atoms with Crippen molar-refractivity contribution in [3.63, 3.8) is 0 Å². The van der Waals surface area contributed by atoms with Gasteiger partial charge in [0.05, 0.1) is 11.5 Å². The summed E-state index contributed by atoms with van der Waals surface area (Å²) in [6, 6.07) is 0. The van der Waals surface area contributed by atoms with Crippen LogP contribution in [0.3, 0.4) is 0 Å². The van der Waals surface area contributed by atoms with Crippen LogP contribution in [0.25, 0.3) is 0 Å². The standard InChI is InChI=1S/C10H18BrClO/c1-10(7-11,8-12)13-6-5-9-3-2-4-9/h9H,2-8H2,1H3. The summed E-state index contributed by atoms with van der Waals surface area (Å²) in [6.07, 6.45) is 5.42. The van der Waals surface area contributed by atoms with Gasteiger partial charge >= 0.3 is 0 Å². The predicted molar refractivity (Wildman–Crippen MR) is 60.8 cm³/mol. The Kier molecular flexibility index (Phi) is 5.06. The quantitative estimate of drug-likeness (QED) is 0.670. The molecule has 3 heteroatoms. The third-order valence-electron chi connectivity index (χ3n) is 2.77. The zero-order valence-corrected chi connectivity index (χ0v) is 10.5. The molecule has 1 atom stereocenters. The molecule has 1 rings (SSSR count). The SMILES string of the molecule is CC(CCl)(CBr)OCCC1CCC1. The summed E-state index contributed by atoms with van der Waals surface area (Å²) < 4.78 is 5.76. The summed E-state index contributed by atoms with van der Waals surface area (Å²) >= 11 is 9.24. The van der Waals surface area contributed by atoms with Crippen molar-refractivity contribution in [2.24, 2.45) is 5.92 Å². The Balaban J connectivity index is 2.08. The highest BCUT2D eigenvalue weighted by Crippen LogP contribution is 2.29. The van der Waals surface area contributed by atoms with Gasteiger partial charge in [-0.3, -0.25) is 0 Å². The molecule has 0 spiro atoms. The first kappa shape index (κ1) is 11.8. The lowest BCUT2D eigenvalue weighted by Gasteiger charge is -2.29. The Labute approximate surface area is 94.3 Å². The molecule has 1 saturated carbocycles. The minimum absolute atomic E-state index is 0.175. The molecule has 78 valence electrons. The van der Waals surface area contributed by atoms with Gasteiger partial charge in [-0.1, -0.05) is 35.2 Å². The molecule has 0 radical (unpaired) electrons. The molecule has 0 aromatic heterocycles. The summed E-state index contributed by atoms with van der Waals surface area (Å²) in [5, 5.41) is 0.814. The third-order valence-corrected chi connectivity index (χ3v) is 4.52. The average molecular weight is 270 g/mol. The number of rotatable bonds is 6. The predicted octanol–water partition coefficient (Wildman–Crippen LogP) is 3.59. The van der Waals surface area contributed by atoms with E-state index in [-0.39, 0.29) is 5.60 Å². The van der Waals surface area contributed by atoms with E-state index in [0.717, 1.165) is 17.9 Å². The Bertz CT molecular complexity index is 144. The molecule has 0 heterocycles. The minimum Gasteiger partial charge on any atom is -0.373 e. The lowest BCUT2D eigenvalue weighted by Crippen LogP contribution is -2.33. The third kappa shape index (κ3) is 3.77. The van der Waals surface area contributed by atoms with E-state index in [2.05, 4.69) is 22.9 Å². The molecular weight excluding hydrogens is 251 g/mol. The maximum absolute atomic E-state index is 5.82. The molecule has 1 unspecified atom stereocenters. The highest BCUT2D eigenvalue weighted by Gasteiger charge is 2.24. The second-order valence-corrected chi connectivity index (χ2v) is 4.98. The van der Waals surface area contributed by atoms with Crippen molar-refractivity contribution in [3.8, 4) is 0 Å². The van der Waals surface area contributed by atoms with E-state index in [4.69, 9.17) is 16.3 Å². The molecule has 0 aliphatic heterocycles. The zero-order valence-electron chi connectivity index (χ0n) is 8.19. The lowest BCUT2D eigenvalue weighted by molar-refractivity contribution is -0.00649. The number of hydrogen-bond acceptors (Lipinski definition) is 1. The molecule has 1 nitrogen and oxygen atoms in total. The first-order chi connectivity index (χ1) is 6.20. The molecule has 0 aromatic rings. The lowest BCUT2D eigenvalue weighted by atomic mass is 9.83. The number of ether oxygens (including phenoxy) is 1. The van der Waals surface area contributed by atoms with Gasteiger partial charge in [-0.05, 0) is 19.3 Å². The summed E-state index contributed by atoms with van der Waals surface area (Å²) in [4.78, 5) is 0. The van der Waals surface area contributed by atoms with Gasteiger partial charge in [0.2, 0.25) is 0 Å². The molecule has 0 amide bonds. The molecule has 0 N–H and O–H groups in total. The number of halogens is 2. The Morgan fingerprint density at radius 2 is 2.23 bits per heavy atom. The van der Waals surface area contributed by atoms with Gasteiger partial charge in [-0.15, -0.1) is 11.6 Å². The van der Waals surface area contributed by atoms with Crippen molar-refractivity contribution in [3.05, 3.63) is 0 Å². The van der Waals surface area contributed by atoms with Crippen LogP contribution in [0.5, 0.6) is 0 Å². The van der Waals surface area contributed by atoms with Gasteiger partial charge in [-0.2, -0.15) is 0 Å². The van der Waals surface area contributed by atoms with E-state index in [1.165, 1.54) is 25.7 Å². The van der Waals surface area contributed by atoms with E-state index >= 15 is 0 Å². The van der Waals surface area contributed by atoms with Crippen LogP contribution in [0.15, 0.2) is 0 Å². The van der Waals surface area contributed by atoms with Crippen molar-refractivity contribution in [1.29, 1.82) is 0 Å². The summed E-state index contributed by atoms with van der Waals surface area (Å²) in [7, 11) is 0. The van der Waals surface area contributed by atoms with E-state index in [1.807, 2.05) is 0 Å². The van der Waals surface area contributed by atoms with Gasteiger partial charge in [0.25, 0.3) is 0 Å². The Morgan fingerprint density at radius 3 is 2.62 bits per heavy atom. The molecule has 1 fully saturated rings. The van der Waals surface area contributed by atoms with Gasteiger partial charge in [0.1, 0.15) is 0 Å². The van der Waals surface area contributed by atoms with Crippen molar-refractivity contribution < 1.29 is 4.74 Å². The van der Waals surface area contributed by atoms with Crippen molar-refractivity contribution in [1.82, 2.24) is 0 Å². The largest absolute Gasteiger partial charge is 0.373 e. The topological polar surface area (TPSA) is 9.23 Å². The van der Waals surface area contributed by atoms with Crippen LogP contribution < -0.4 is 0 Å². The summed E-state index contributed by atoms with van der Waals surface area (Å²) in [6.45, 7) is 2.91. The average Bonchev–Trinajstić information content (AvgIpc) is 2.09. The maximum Gasteiger partial charge on any atom is 0.0885 e. The second-order valence-electron chi connectivity index (χ2n) is 4.15. The van der Waals surface area contributed by atoms with Crippen LogP contribution in [0.1, 0.15) is 32.6 Å². The smallest absolute Gasteiger partial charge is 0.0885 e. The van der Waals surface area contributed by atoms with Gasteiger partial charge in [0, 0.05) is 11.9 Å². The summed E-state index contributed by atoms with van der Waals surface area (Å²) in [5.41, 5.74) is -0.175. The van der Waals surface area contributed by atoms with Crippen LogP contribution in [0, 0.1) is 5.92 Å². The fraction of sp³-hybridized carbons (Fsp3) is 1.00. The van der Waals surface area contributed by atoms with Crippen LogP contribution in [-0.4, -0.2) is 23.4 Å². The molecule has 0 aromatic carbocycles. The molecule has 13 heavy (non-hydrogen) atoms. The first-order valence-corrected chi connectivity index (χ1v) is 6.62. The normalized spacial score (nSPS) is 22.4. The molecular formula is C10H18BrClO. The van der Waals surface area contributed by atoms with E-state index in [9.17, 15) is 0 Å². The van der Waals surface area contributed by atoms with Gasteiger partial charge in [0.15, 0.2) is 0 Å². The number of alkyl halides is 2. The fourth-order valence-corrected chi connectivity index (χ4v) is 2.13. The molecule has 0 bridgehead atoms. The van der Waals surface area contributed by atoms with Crippen LogP contribution in [-0.2, 0) is 4.74 Å². The van der Waals surface area contributed by atoms with E-state index in [1.54, 1.807) is 0 Å². The maximum atomic E-state index is 5.82. The second kappa shape index (κ2) is 5.57. The van der Waals surface area contributed by atoms with E-state index < -0.39 is 0 Å². The Morgan fingerprint density at radius 1 is 1.54 bits per heavy atom. The van der Waals surface area contributed by atoms with Gasteiger partial charge in [-0.25, -0.2) is 0 Å². The van der Waals surface area contributed by atoms with E-state index in [0.29, 0.717) is 5.88 Å². The van der Waals surface area contributed by atoms with Gasteiger partial charge < -0.3 is 4.74 Å². The number of hydrogen-bond donors (Lipinski definition) is 0. The van der Waals surface area contributed by atoms with Crippen LogP contribution >= 0.6 is 27.5 Å². The Hall–Kier alpha value is 0.730. The van der Waals surface area contributed by atoms with Crippen LogP contribution in [0.4, 0.5) is 0 Å².